The summed E-state index contributed by atoms with van der Waals surface area (Å²) in [5.41, 5.74) is 2.97. The van der Waals surface area contributed by atoms with Crippen LogP contribution in [0.1, 0.15) is 5.69 Å². The number of rotatable bonds is 3. The van der Waals surface area contributed by atoms with Crippen LogP contribution in [0.3, 0.4) is 0 Å². The number of nitrogens with zero attached hydrogens (tertiary/aromatic N) is 1. The van der Waals surface area contributed by atoms with Gasteiger partial charge in [0.15, 0.2) is 0 Å². The number of fused-ring (bicyclic) bond motifs is 1. The molecule has 18 heavy (non-hydrogen) atoms. The van der Waals surface area contributed by atoms with Gasteiger partial charge in [0.25, 0.3) is 0 Å². The van der Waals surface area contributed by atoms with E-state index in [0.717, 1.165) is 22.1 Å². The molecule has 0 atom stereocenters. The molecule has 0 aliphatic heterocycles. The van der Waals surface area contributed by atoms with Crippen LogP contribution in [0, 0.1) is 0 Å². The van der Waals surface area contributed by atoms with E-state index >= 15 is 0 Å². The Morgan fingerprint density at radius 2 is 2.17 bits per heavy atom. The lowest BCUT2D eigenvalue weighted by Gasteiger charge is -1.98. The van der Waals surface area contributed by atoms with E-state index in [0.29, 0.717) is 5.69 Å². The van der Waals surface area contributed by atoms with Crippen molar-refractivity contribution in [2.45, 2.75) is 6.42 Å². The van der Waals surface area contributed by atoms with E-state index in [9.17, 15) is 4.79 Å². The van der Waals surface area contributed by atoms with Gasteiger partial charge in [0, 0.05) is 16.5 Å². The minimum Gasteiger partial charge on any atom is -0.481 e. The molecule has 0 bridgehead atoms. The molecule has 90 valence electrons. The molecular weight excluding hydrogens is 232 g/mol. The number of carbonyl (C=O) groups is 1. The molecule has 0 radical (unpaired) electrons. The van der Waals surface area contributed by atoms with E-state index in [1.807, 2.05) is 24.3 Å². The van der Waals surface area contributed by atoms with Gasteiger partial charge < -0.3 is 9.52 Å². The maximum absolute atomic E-state index is 10.8. The number of hydrogen-bond acceptors (Lipinski definition) is 3. The highest BCUT2D eigenvalue weighted by atomic mass is 16.4. The Hall–Kier alpha value is -2.56. The van der Waals surface area contributed by atoms with Gasteiger partial charge in [0.05, 0.1) is 24.6 Å². The number of nitrogens with one attached hydrogen (secondary N) is 1. The molecule has 3 rings (SSSR count). The Labute approximate surface area is 102 Å². The van der Waals surface area contributed by atoms with Gasteiger partial charge in [-0.15, -0.1) is 0 Å². The van der Waals surface area contributed by atoms with Crippen LogP contribution >= 0.6 is 0 Å². The lowest BCUT2D eigenvalue weighted by Crippen LogP contribution is -2.01. The van der Waals surface area contributed by atoms with Crippen molar-refractivity contribution < 1.29 is 14.3 Å². The number of furan rings is 1. The van der Waals surface area contributed by atoms with E-state index in [2.05, 4.69) is 10.2 Å². The Morgan fingerprint density at radius 3 is 3.00 bits per heavy atom. The van der Waals surface area contributed by atoms with Gasteiger partial charge in [-0.25, -0.2) is 0 Å². The van der Waals surface area contributed by atoms with Crippen LogP contribution in [-0.2, 0) is 11.2 Å². The minimum absolute atomic E-state index is 0.0885. The first kappa shape index (κ1) is 10.6. The highest BCUT2D eigenvalue weighted by molar-refractivity contribution is 5.94. The molecule has 0 unspecified atom stereocenters. The second kappa shape index (κ2) is 4.03. The number of carboxylic acids is 1. The van der Waals surface area contributed by atoms with Crippen molar-refractivity contribution in [1.82, 2.24) is 10.2 Å². The summed E-state index contributed by atoms with van der Waals surface area (Å²) >= 11 is 0. The largest absolute Gasteiger partial charge is 0.481 e. The molecular formula is C13H10N2O3. The third kappa shape index (κ3) is 1.66. The second-order valence-corrected chi connectivity index (χ2v) is 3.98. The number of aromatic nitrogens is 2. The summed E-state index contributed by atoms with van der Waals surface area (Å²) in [5, 5.41) is 16.4. The van der Waals surface area contributed by atoms with Crippen molar-refractivity contribution in [2.75, 3.05) is 0 Å². The van der Waals surface area contributed by atoms with E-state index in [1.54, 1.807) is 12.5 Å². The van der Waals surface area contributed by atoms with Gasteiger partial charge in [-0.2, -0.15) is 5.10 Å². The Bertz CT molecular complexity index is 712. The van der Waals surface area contributed by atoms with Crippen LogP contribution in [0.15, 0.2) is 41.1 Å². The molecule has 5 heteroatoms. The summed E-state index contributed by atoms with van der Waals surface area (Å²) in [6, 6.07) is 7.61. The summed E-state index contributed by atoms with van der Waals surface area (Å²) in [4.78, 5) is 10.8. The highest BCUT2D eigenvalue weighted by Gasteiger charge is 2.15. The number of carboxylic acid groups (broad SMARTS) is 1. The maximum atomic E-state index is 10.8. The number of para-hydroxylation sites is 1. The van der Waals surface area contributed by atoms with Crippen LogP contribution in [0.5, 0.6) is 0 Å². The summed E-state index contributed by atoms with van der Waals surface area (Å²) < 4.78 is 5.44. The van der Waals surface area contributed by atoms with Gasteiger partial charge in [-0.3, -0.25) is 9.89 Å². The molecule has 0 fully saturated rings. The maximum Gasteiger partial charge on any atom is 0.309 e. The van der Waals surface area contributed by atoms with E-state index in [1.165, 1.54) is 0 Å². The Balaban J connectivity index is 2.15. The van der Waals surface area contributed by atoms with Crippen molar-refractivity contribution in [2.24, 2.45) is 0 Å². The molecule has 0 saturated carbocycles. The van der Waals surface area contributed by atoms with Crippen LogP contribution in [0.4, 0.5) is 0 Å². The highest BCUT2D eigenvalue weighted by Crippen LogP contribution is 2.31. The van der Waals surface area contributed by atoms with Gasteiger partial charge in [0.1, 0.15) is 5.58 Å². The standard InChI is InChI=1S/C13H10N2O3/c16-13(17)5-11-9(6-14-15-11)10-7-18-12-4-2-1-3-8(10)12/h1-4,6-7H,5H2,(H,14,15)(H,16,17). The van der Waals surface area contributed by atoms with Gasteiger partial charge >= 0.3 is 5.97 Å². The predicted molar refractivity (Wildman–Crippen MR) is 65.1 cm³/mol. The van der Waals surface area contributed by atoms with Crippen molar-refractivity contribution >= 4 is 16.9 Å². The minimum atomic E-state index is -0.895. The zero-order valence-electron chi connectivity index (χ0n) is 9.38. The SMILES string of the molecule is O=C(O)Cc1[nH]ncc1-c1coc2ccccc12. The van der Waals surface area contributed by atoms with Gasteiger partial charge in [-0.1, -0.05) is 18.2 Å². The fourth-order valence-corrected chi connectivity index (χ4v) is 2.02. The second-order valence-electron chi connectivity index (χ2n) is 3.98. The average molecular weight is 242 g/mol. The van der Waals surface area contributed by atoms with Crippen molar-refractivity contribution in [3.63, 3.8) is 0 Å². The lowest BCUT2D eigenvalue weighted by atomic mass is 10.0. The van der Waals surface area contributed by atoms with Gasteiger partial charge in [-0.05, 0) is 6.07 Å². The smallest absolute Gasteiger partial charge is 0.309 e. The predicted octanol–water partition coefficient (Wildman–Crippen LogP) is 2.45. The van der Waals surface area contributed by atoms with E-state index in [-0.39, 0.29) is 6.42 Å². The molecule has 0 aliphatic rings. The normalized spacial score (nSPS) is 10.9. The van der Waals surface area contributed by atoms with Crippen molar-refractivity contribution in [1.29, 1.82) is 0 Å². The van der Waals surface area contributed by atoms with Crippen LogP contribution in [0.25, 0.3) is 22.1 Å². The van der Waals surface area contributed by atoms with Crippen LogP contribution in [-0.4, -0.2) is 21.3 Å². The topological polar surface area (TPSA) is 79.1 Å². The summed E-state index contributed by atoms with van der Waals surface area (Å²) in [6.45, 7) is 0. The van der Waals surface area contributed by atoms with Crippen molar-refractivity contribution in [3.8, 4) is 11.1 Å². The summed E-state index contributed by atoms with van der Waals surface area (Å²) in [5.74, 6) is -0.895. The molecule has 2 heterocycles. The first-order valence-corrected chi connectivity index (χ1v) is 5.46. The van der Waals surface area contributed by atoms with Crippen LogP contribution in [0.2, 0.25) is 0 Å². The number of benzene rings is 1. The number of aromatic amines is 1. The molecule has 5 nitrogen and oxygen atoms in total. The molecule has 3 aromatic rings. The first-order valence-electron chi connectivity index (χ1n) is 5.46. The third-order valence-electron chi connectivity index (χ3n) is 2.82. The fraction of sp³-hybridized carbons (Fsp3) is 0.0769. The molecule has 1 aromatic carbocycles. The summed E-state index contributed by atoms with van der Waals surface area (Å²) in [7, 11) is 0. The molecule has 2 N–H and O–H groups in total. The molecule has 0 amide bonds. The van der Waals surface area contributed by atoms with E-state index < -0.39 is 5.97 Å². The fourth-order valence-electron chi connectivity index (χ4n) is 2.02. The molecule has 0 spiro atoms. The average Bonchev–Trinajstić information content (AvgIpc) is 2.94. The number of H-pyrrole nitrogens is 1. The lowest BCUT2D eigenvalue weighted by molar-refractivity contribution is -0.136. The quantitative estimate of drug-likeness (QED) is 0.739. The van der Waals surface area contributed by atoms with Gasteiger partial charge in [0.2, 0.25) is 0 Å². The molecule has 2 aromatic heterocycles. The third-order valence-corrected chi connectivity index (χ3v) is 2.82. The Kier molecular flexibility index (Phi) is 2.37. The molecule has 0 saturated heterocycles. The first-order chi connectivity index (χ1) is 8.75. The molecule has 0 aliphatic carbocycles. The summed E-state index contributed by atoms with van der Waals surface area (Å²) in [6.07, 6.45) is 3.16. The number of aliphatic carboxylic acids is 1. The van der Waals surface area contributed by atoms with Crippen molar-refractivity contribution in [3.05, 3.63) is 42.4 Å². The zero-order chi connectivity index (χ0) is 12.5. The Morgan fingerprint density at radius 1 is 1.33 bits per heavy atom. The van der Waals surface area contributed by atoms with E-state index in [4.69, 9.17) is 9.52 Å². The monoisotopic (exact) mass is 242 g/mol. The number of hydrogen-bond donors (Lipinski definition) is 2. The van der Waals surface area contributed by atoms with Crippen LogP contribution < -0.4 is 0 Å². The zero-order valence-corrected chi connectivity index (χ0v) is 9.38.